The zero-order valence-corrected chi connectivity index (χ0v) is 22.0. The van der Waals surface area contributed by atoms with Crippen LogP contribution in [0.15, 0.2) is 23.3 Å². The van der Waals surface area contributed by atoms with E-state index in [4.69, 9.17) is 4.12 Å². The summed E-state index contributed by atoms with van der Waals surface area (Å²) >= 11 is 0. The molecule has 0 saturated carbocycles. The first kappa shape index (κ1) is 23.2. The van der Waals surface area contributed by atoms with Gasteiger partial charge in [-0.3, -0.25) is 0 Å². The second-order valence-electron chi connectivity index (χ2n) is 12.2. The summed E-state index contributed by atoms with van der Waals surface area (Å²) in [4.78, 5) is 0. The van der Waals surface area contributed by atoms with E-state index in [2.05, 4.69) is 80.6 Å². The highest BCUT2D eigenvalue weighted by molar-refractivity contribution is 6.88. The van der Waals surface area contributed by atoms with Gasteiger partial charge in [0.2, 0.25) is 0 Å². The van der Waals surface area contributed by atoms with Crippen LogP contribution in [0.25, 0.3) is 0 Å². The smallest absolute Gasteiger partial charge is 0.182 e. The van der Waals surface area contributed by atoms with Crippen LogP contribution < -0.4 is 0 Å². The Morgan fingerprint density at radius 3 is 1.33 bits per heavy atom. The molecule has 2 aliphatic rings. The van der Waals surface area contributed by atoms with Crippen molar-refractivity contribution >= 4 is 16.6 Å². The second-order valence-corrected chi connectivity index (χ2v) is 21.7. The van der Waals surface area contributed by atoms with Crippen molar-refractivity contribution in [3.63, 3.8) is 0 Å². The van der Waals surface area contributed by atoms with Crippen molar-refractivity contribution in [1.29, 1.82) is 0 Å². The summed E-state index contributed by atoms with van der Waals surface area (Å²) in [6.45, 7) is 24.5. The minimum absolute atomic E-state index is 0.285. The molecule has 4 atom stereocenters. The van der Waals surface area contributed by atoms with Gasteiger partial charge < -0.3 is 4.12 Å². The Morgan fingerprint density at radius 1 is 0.778 bits per heavy atom. The number of hydrogen-bond acceptors (Lipinski definition) is 1. The average molecular weight is 407 g/mol. The average Bonchev–Trinajstić information content (AvgIpc) is 3.04. The lowest BCUT2D eigenvalue weighted by molar-refractivity contribution is 0.404. The zero-order valence-electron chi connectivity index (χ0n) is 20.0. The van der Waals surface area contributed by atoms with Crippen LogP contribution in [0, 0.1) is 11.8 Å². The Balaban J connectivity index is 2.24. The largest absolute Gasteiger partial charge is 0.454 e. The van der Waals surface area contributed by atoms with Crippen LogP contribution in [0.2, 0.25) is 35.3 Å². The van der Waals surface area contributed by atoms with Crippen molar-refractivity contribution in [2.75, 3.05) is 0 Å². The van der Waals surface area contributed by atoms with Gasteiger partial charge in [0, 0.05) is 0 Å². The minimum Gasteiger partial charge on any atom is -0.454 e. The van der Waals surface area contributed by atoms with E-state index in [-0.39, 0.29) is 10.1 Å². The fraction of sp³-hybridized carbons (Fsp3) is 0.833. The Hall–Kier alpha value is -0.126. The van der Waals surface area contributed by atoms with E-state index in [9.17, 15) is 0 Å². The van der Waals surface area contributed by atoms with E-state index in [1.54, 1.807) is 11.1 Å². The predicted octanol–water partition coefficient (Wildman–Crippen LogP) is 8.47. The van der Waals surface area contributed by atoms with Crippen LogP contribution in [-0.2, 0) is 4.12 Å². The number of hydrogen-bond donors (Lipinski definition) is 0. The van der Waals surface area contributed by atoms with Gasteiger partial charge in [-0.1, -0.05) is 64.8 Å². The lowest BCUT2D eigenvalue weighted by Crippen LogP contribution is -2.58. The van der Waals surface area contributed by atoms with Gasteiger partial charge in [-0.15, -0.1) is 0 Å². The summed E-state index contributed by atoms with van der Waals surface area (Å²) in [5.41, 5.74) is 3.18. The molecule has 0 aromatic rings. The maximum absolute atomic E-state index is 7.58. The van der Waals surface area contributed by atoms with E-state index in [1.807, 2.05) is 0 Å². The molecule has 0 bridgehead atoms. The van der Waals surface area contributed by atoms with E-state index < -0.39 is 16.6 Å². The van der Waals surface area contributed by atoms with Gasteiger partial charge in [0.15, 0.2) is 16.6 Å². The van der Waals surface area contributed by atoms with E-state index >= 15 is 0 Å². The Labute approximate surface area is 172 Å². The van der Waals surface area contributed by atoms with Crippen LogP contribution >= 0.6 is 0 Å². The standard InChI is InChI=1S/C24H46OSi2/c1-19-11-13-21(15-19)17-26(9,23(3,4)5)25-27(10,24(6,7)8)18-22-14-12-20(2)16-22/h11-12,21-22H,13-18H2,1-10H3. The van der Waals surface area contributed by atoms with Gasteiger partial charge in [0.05, 0.1) is 0 Å². The highest BCUT2D eigenvalue weighted by Gasteiger charge is 2.53. The van der Waals surface area contributed by atoms with Crippen molar-refractivity contribution in [3.05, 3.63) is 23.3 Å². The fourth-order valence-electron chi connectivity index (χ4n) is 4.89. The molecule has 2 aliphatic carbocycles. The predicted molar refractivity (Wildman–Crippen MR) is 126 cm³/mol. The monoisotopic (exact) mass is 406 g/mol. The topological polar surface area (TPSA) is 9.23 Å². The normalized spacial score (nSPS) is 28.5. The first-order valence-electron chi connectivity index (χ1n) is 11.2. The molecular weight excluding hydrogens is 360 g/mol. The van der Waals surface area contributed by atoms with E-state index in [1.165, 1.54) is 37.8 Å². The Kier molecular flexibility index (Phi) is 6.82. The molecule has 0 heterocycles. The zero-order chi connectivity index (χ0) is 20.7. The van der Waals surface area contributed by atoms with Crippen molar-refractivity contribution in [2.45, 2.75) is 116 Å². The van der Waals surface area contributed by atoms with Crippen molar-refractivity contribution in [3.8, 4) is 0 Å². The highest BCUT2D eigenvalue weighted by Crippen LogP contribution is 2.51. The third-order valence-corrected chi connectivity index (χ3v) is 20.5. The van der Waals surface area contributed by atoms with Crippen LogP contribution in [-0.4, -0.2) is 16.6 Å². The molecule has 0 radical (unpaired) electrons. The molecule has 0 amide bonds. The molecular formula is C24H46OSi2. The van der Waals surface area contributed by atoms with Crippen LogP contribution in [0.4, 0.5) is 0 Å². The molecule has 4 unspecified atom stereocenters. The molecule has 3 heteroatoms. The molecule has 0 fully saturated rings. The summed E-state index contributed by atoms with van der Waals surface area (Å²) in [5.74, 6) is 1.63. The molecule has 0 N–H and O–H groups in total. The summed E-state index contributed by atoms with van der Waals surface area (Å²) in [6, 6.07) is 2.65. The lowest BCUT2D eigenvalue weighted by Gasteiger charge is -2.52. The van der Waals surface area contributed by atoms with E-state index in [0.717, 1.165) is 11.8 Å². The molecule has 2 rings (SSSR count). The molecule has 0 aromatic heterocycles. The Morgan fingerprint density at radius 2 is 1.11 bits per heavy atom. The van der Waals surface area contributed by atoms with Gasteiger partial charge >= 0.3 is 0 Å². The Bertz CT molecular complexity index is 540. The van der Waals surface area contributed by atoms with E-state index in [0.29, 0.717) is 0 Å². The SMILES string of the molecule is CC1=CCC(C[Si](C)(O[Si](C)(CC2CC=C(C)C2)C(C)(C)C)C(C)(C)C)C1. The molecule has 156 valence electrons. The summed E-state index contributed by atoms with van der Waals surface area (Å²) in [7, 11) is -3.74. The first-order chi connectivity index (χ1) is 12.2. The first-order valence-corrected chi connectivity index (χ1v) is 16.4. The summed E-state index contributed by atoms with van der Waals surface area (Å²) < 4.78 is 7.58. The lowest BCUT2D eigenvalue weighted by atomic mass is 10.1. The summed E-state index contributed by atoms with van der Waals surface area (Å²) in [6.07, 6.45) is 10.1. The number of allylic oxidation sites excluding steroid dienone is 4. The fourth-order valence-corrected chi connectivity index (χ4v) is 16.0. The molecule has 27 heavy (non-hydrogen) atoms. The van der Waals surface area contributed by atoms with Gasteiger partial charge in [0.25, 0.3) is 0 Å². The molecule has 0 spiro atoms. The van der Waals surface area contributed by atoms with Gasteiger partial charge in [0.1, 0.15) is 0 Å². The minimum atomic E-state index is -1.87. The third kappa shape index (κ3) is 5.48. The van der Waals surface area contributed by atoms with Crippen molar-refractivity contribution in [2.24, 2.45) is 11.8 Å². The van der Waals surface area contributed by atoms with Crippen LogP contribution in [0.3, 0.4) is 0 Å². The van der Waals surface area contributed by atoms with Gasteiger partial charge in [-0.05, 0) is 86.6 Å². The quantitative estimate of drug-likeness (QED) is 0.317. The maximum Gasteiger partial charge on any atom is 0.182 e. The van der Waals surface area contributed by atoms with Gasteiger partial charge in [-0.2, -0.15) is 0 Å². The number of rotatable bonds is 6. The second kappa shape index (κ2) is 7.95. The molecule has 0 aromatic carbocycles. The molecule has 0 aliphatic heterocycles. The molecule has 0 saturated heterocycles. The third-order valence-electron chi connectivity index (χ3n) is 7.80. The maximum atomic E-state index is 7.58. The van der Waals surface area contributed by atoms with Crippen LogP contribution in [0.1, 0.15) is 81.1 Å². The summed E-state index contributed by atoms with van der Waals surface area (Å²) in [5, 5.41) is 0.569. The highest BCUT2D eigenvalue weighted by atomic mass is 28.4. The van der Waals surface area contributed by atoms with Crippen molar-refractivity contribution in [1.82, 2.24) is 0 Å². The van der Waals surface area contributed by atoms with Gasteiger partial charge in [-0.25, -0.2) is 0 Å². The van der Waals surface area contributed by atoms with Crippen molar-refractivity contribution < 1.29 is 4.12 Å². The van der Waals surface area contributed by atoms with Crippen LogP contribution in [0.5, 0.6) is 0 Å². The molecule has 1 nitrogen and oxygen atoms in total.